The summed E-state index contributed by atoms with van der Waals surface area (Å²) in [5, 5.41) is 5.48. The summed E-state index contributed by atoms with van der Waals surface area (Å²) in [5.74, 6) is -0.459. The van der Waals surface area contributed by atoms with Crippen molar-refractivity contribution in [3.05, 3.63) is 23.8 Å². The lowest BCUT2D eigenvalue weighted by atomic mass is 10.1. The molecule has 7 heteroatoms. The maximum atomic E-state index is 11.6. The Kier molecular flexibility index (Phi) is 5.46. The van der Waals surface area contributed by atoms with E-state index in [1.54, 1.807) is 25.1 Å². The number of ether oxygens (including phenoxy) is 1. The quantitative estimate of drug-likeness (QED) is 0.340. The molecule has 0 saturated heterocycles. The average Bonchev–Trinajstić information content (AvgIpc) is 2.36. The maximum Gasteiger partial charge on any atom is 0.340 e. The number of hydrogen-bond donors (Lipinski definition) is 4. The minimum absolute atomic E-state index is 0.290. The fourth-order valence-electron chi connectivity index (χ4n) is 1.44. The number of nitrogens with two attached hydrogens (primary N) is 2. The normalized spacial score (nSPS) is 9.74. The summed E-state index contributed by atoms with van der Waals surface area (Å²) in [6, 6.07) is 4.39. The topological polar surface area (TPSA) is 119 Å². The number of urea groups is 1. The van der Waals surface area contributed by atoms with Crippen LogP contribution in [0, 0.1) is 0 Å². The van der Waals surface area contributed by atoms with Gasteiger partial charge >= 0.3 is 12.0 Å². The molecule has 6 N–H and O–H groups in total. The molecule has 0 aliphatic rings. The van der Waals surface area contributed by atoms with Crippen LogP contribution in [0.1, 0.15) is 17.3 Å². The SMILES string of the molecule is CCOC(=O)c1cc(NCCNC(N)=O)ccc1N. The number of nitrogens with one attached hydrogen (secondary N) is 2. The van der Waals surface area contributed by atoms with Crippen LogP contribution in [0.2, 0.25) is 0 Å². The fourth-order valence-corrected chi connectivity index (χ4v) is 1.44. The Morgan fingerprint density at radius 1 is 1.32 bits per heavy atom. The van der Waals surface area contributed by atoms with Gasteiger partial charge in [-0.05, 0) is 25.1 Å². The Morgan fingerprint density at radius 3 is 2.68 bits per heavy atom. The molecule has 2 amide bonds. The average molecular weight is 266 g/mol. The zero-order valence-corrected chi connectivity index (χ0v) is 10.7. The first-order valence-corrected chi connectivity index (χ1v) is 5.88. The molecule has 1 rings (SSSR count). The number of nitrogen functional groups attached to an aromatic ring is 1. The Balaban J connectivity index is 2.63. The molecule has 0 saturated carbocycles. The molecule has 19 heavy (non-hydrogen) atoms. The summed E-state index contributed by atoms with van der Waals surface area (Å²) in [5.41, 5.74) is 12.0. The van der Waals surface area contributed by atoms with Crippen LogP contribution in [0.25, 0.3) is 0 Å². The van der Waals surface area contributed by atoms with E-state index in [0.717, 1.165) is 0 Å². The van der Waals surface area contributed by atoms with Gasteiger partial charge in [0.1, 0.15) is 0 Å². The first-order chi connectivity index (χ1) is 9.04. The van der Waals surface area contributed by atoms with E-state index in [2.05, 4.69) is 10.6 Å². The standard InChI is InChI=1S/C12H18N4O3/c1-2-19-11(17)9-7-8(3-4-10(9)13)15-5-6-16-12(14)18/h3-4,7,15H,2,5-6,13H2,1H3,(H3,14,16,18). The molecule has 0 aliphatic carbocycles. The summed E-state index contributed by atoms with van der Waals surface area (Å²) in [6.45, 7) is 2.88. The highest BCUT2D eigenvalue weighted by Crippen LogP contribution is 2.18. The Hall–Kier alpha value is -2.44. The third-order valence-corrected chi connectivity index (χ3v) is 2.30. The first kappa shape index (κ1) is 14.6. The van der Waals surface area contributed by atoms with Gasteiger partial charge in [0.15, 0.2) is 0 Å². The number of carbonyl (C=O) groups is 2. The molecule has 0 radical (unpaired) electrons. The van der Waals surface area contributed by atoms with Crippen molar-refractivity contribution in [1.82, 2.24) is 5.32 Å². The van der Waals surface area contributed by atoms with Crippen LogP contribution in [0.5, 0.6) is 0 Å². The molecule has 7 nitrogen and oxygen atoms in total. The van der Waals surface area contributed by atoms with E-state index < -0.39 is 12.0 Å². The molecule has 104 valence electrons. The van der Waals surface area contributed by atoms with Gasteiger partial charge in [-0.25, -0.2) is 9.59 Å². The minimum atomic E-state index is -0.577. The van der Waals surface area contributed by atoms with E-state index in [0.29, 0.717) is 36.6 Å². The number of hydrogen-bond acceptors (Lipinski definition) is 5. The van der Waals surface area contributed by atoms with Crippen molar-refractivity contribution in [2.75, 3.05) is 30.7 Å². The highest BCUT2D eigenvalue weighted by molar-refractivity contribution is 5.96. The smallest absolute Gasteiger partial charge is 0.340 e. The zero-order chi connectivity index (χ0) is 14.3. The minimum Gasteiger partial charge on any atom is -0.462 e. The van der Waals surface area contributed by atoms with Gasteiger partial charge in [-0.1, -0.05) is 0 Å². The monoisotopic (exact) mass is 266 g/mol. The number of rotatable bonds is 6. The molecule has 0 bridgehead atoms. The van der Waals surface area contributed by atoms with Crippen LogP contribution in [-0.4, -0.2) is 31.7 Å². The summed E-state index contributed by atoms with van der Waals surface area (Å²) < 4.78 is 4.90. The van der Waals surface area contributed by atoms with Gasteiger partial charge in [-0.2, -0.15) is 0 Å². The van der Waals surface area contributed by atoms with Gasteiger partial charge in [-0.15, -0.1) is 0 Å². The van der Waals surface area contributed by atoms with E-state index in [9.17, 15) is 9.59 Å². The molecular formula is C12H18N4O3. The van der Waals surface area contributed by atoms with Crippen LogP contribution >= 0.6 is 0 Å². The molecule has 0 atom stereocenters. The zero-order valence-electron chi connectivity index (χ0n) is 10.7. The van der Waals surface area contributed by atoms with Gasteiger partial charge in [0.25, 0.3) is 0 Å². The van der Waals surface area contributed by atoms with Crippen LogP contribution in [0.4, 0.5) is 16.2 Å². The van der Waals surface area contributed by atoms with Gasteiger partial charge in [0.05, 0.1) is 12.2 Å². The lowest BCUT2D eigenvalue weighted by molar-refractivity contribution is 0.0527. The number of carbonyl (C=O) groups excluding carboxylic acids is 2. The van der Waals surface area contributed by atoms with Crippen LogP contribution in [-0.2, 0) is 4.74 Å². The summed E-state index contributed by atoms with van der Waals surface area (Å²) in [4.78, 5) is 22.1. The summed E-state index contributed by atoms with van der Waals surface area (Å²) >= 11 is 0. The third kappa shape index (κ3) is 4.74. The number of primary amides is 1. The lowest BCUT2D eigenvalue weighted by Crippen LogP contribution is -2.33. The molecule has 0 fully saturated rings. The van der Waals surface area contributed by atoms with Crippen molar-refractivity contribution < 1.29 is 14.3 Å². The highest BCUT2D eigenvalue weighted by atomic mass is 16.5. The van der Waals surface area contributed by atoms with E-state index in [4.69, 9.17) is 16.2 Å². The number of benzene rings is 1. The highest BCUT2D eigenvalue weighted by Gasteiger charge is 2.11. The van der Waals surface area contributed by atoms with Crippen LogP contribution in [0.3, 0.4) is 0 Å². The molecule has 0 aromatic heterocycles. The van der Waals surface area contributed by atoms with Gasteiger partial charge < -0.3 is 26.8 Å². The predicted octanol–water partition coefficient (Wildman–Crippen LogP) is 0.526. The Labute approximate surface area is 111 Å². The molecule has 0 heterocycles. The molecule has 0 unspecified atom stereocenters. The molecule has 0 spiro atoms. The van der Waals surface area contributed by atoms with Crippen molar-refractivity contribution in [2.24, 2.45) is 5.73 Å². The number of esters is 1. The summed E-state index contributed by atoms with van der Waals surface area (Å²) in [7, 11) is 0. The van der Waals surface area contributed by atoms with Gasteiger partial charge in [0, 0.05) is 24.5 Å². The van der Waals surface area contributed by atoms with Gasteiger partial charge in [-0.3, -0.25) is 0 Å². The molecule has 1 aromatic rings. The lowest BCUT2D eigenvalue weighted by Gasteiger charge is -2.10. The van der Waals surface area contributed by atoms with E-state index >= 15 is 0 Å². The third-order valence-electron chi connectivity index (χ3n) is 2.30. The fraction of sp³-hybridized carbons (Fsp3) is 0.333. The van der Waals surface area contributed by atoms with Crippen molar-refractivity contribution in [3.8, 4) is 0 Å². The van der Waals surface area contributed by atoms with E-state index in [1.165, 1.54) is 0 Å². The predicted molar refractivity (Wildman–Crippen MR) is 72.9 cm³/mol. The largest absolute Gasteiger partial charge is 0.462 e. The van der Waals surface area contributed by atoms with Crippen LogP contribution in [0.15, 0.2) is 18.2 Å². The van der Waals surface area contributed by atoms with Gasteiger partial charge in [0.2, 0.25) is 0 Å². The molecular weight excluding hydrogens is 248 g/mol. The molecule has 0 aliphatic heterocycles. The van der Waals surface area contributed by atoms with Crippen molar-refractivity contribution in [1.29, 1.82) is 0 Å². The number of anilines is 2. The first-order valence-electron chi connectivity index (χ1n) is 5.88. The second kappa shape index (κ2) is 7.10. The van der Waals surface area contributed by atoms with Crippen molar-refractivity contribution in [3.63, 3.8) is 0 Å². The maximum absolute atomic E-state index is 11.6. The van der Waals surface area contributed by atoms with Crippen molar-refractivity contribution in [2.45, 2.75) is 6.92 Å². The Morgan fingerprint density at radius 2 is 2.05 bits per heavy atom. The second-order valence-corrected chi connectivity index (χ2v) is 3.74. The van der Waals surface area contributed by atoms with Crippen molar-refractivity contribution >= 4 is 23.4 Å². The second-order valence-electron chi connectivity index (χ2n) is 3.74. The summed E-state index contributed by atoms with van der Waals surface area (Å²) in [6.07, 6.45) is 0. The van der Waals surface area contributed by atoms with E-state index in [1.807, 2.05) is 0 Å². The number of amides is 2. The molecule has 1 aromatic carbocycles. The Bertz CT molecular complexity index is 462. The van der Waals surface area contributed by atoms with Crippen LogP contribution < -0.4 is 22.1 Å². The van der Waals surface area contributed by atoms with E-state index in [-0.39, 0.29) is 0 Å².